The van der Waals surface area contributed by atoms with Crippen molar-refractivity contribution in [2.75, 3.05) is 7.05 Å². The summed E-state index contributed by atoms with van der Waals surface area (Å²) in [6.45, 7) is 4.47. The van der Waals surface area contributed by atoms with E-state index in [0.717, 1.165) is 0 Å². The molecule has 0 aromatic heterocycles. The van der Waals surface area contributed by atoms with Gasteiger partial charge in [0.25, 0.3) is 0 Å². The van der Waals surface area contributed by atoms with E-state index < -0.39 is 0 Å². The van der Waals surface area contributed by atoms with E-state index in [9.17, 15) is 0 Å². The monoisotopic (exact) mass is 131 g/mol. The van der Waals surface area contributed by atoms with E-state index in [4.69, 9.17) is 0 Å². The molecule has 0 aliphatic rings. The van der Waals surface area contributed by atoms with Crippen molar-refractivity contribution in [3.63, 3.8) is 0 Å². The van der Waals surface area contributed by atoms with Gasteiger partial charge in [0.2, 0.25) is 0 Å². The first-order chi connectivity index (χ1) is 1.41. The van der Waals surface area contributed by atoms with Gasteiger partial charge in [-0.25, -0.2) is 0 Å². The molecular weight excluding hydrogens is 127 g/mol. The molecule has 0 rings (SSSR count). The summed E-state index contributed by atoms with van der Waals surface area (Å²) >= 11 is 0. The van der Waals surface area contributed by atoms with Gasteiger partial charge >= 0.3 is 0 Å². The van der Waals surface area contributed by atoms with E-state index in [0.29, 0.717) is 0 Å². The van der Waals surface area contributed by atoms with Crippen LogP contribution in [0.4, 0.5) is 0 Å². The van der Waals surface area contributed by atoms with Crippen molar-refractivity contribution >= 4 is 6.72 Å². The summed E-state index contributed by atoms with van der Waals surface area (Å²) in [4.78, 5) is 3.00. The molecule has 0 fully saturated rings. The van der Waals surface area contributed by atoms with Gasteiger partial charge in [-0.3, -0.25) is 0 Å². The zero-order chi connectivity index (χ0) is 2.71. The zero-order valence-electron chi connectivity index (χ0n) is 2.60. The van der Waals surface area contributed by atoms with E-state index in [1.807, 2.05) is 0 Å². The van der Waals surface area contributed by atoms with Crippen molar-refractivity contribution in [3.8, 4) is 0 Å². The Morgan fingerprint density at radius 2 is 1.75 bits per heavy atom. The molecule has 0 atom stereocenters. The van der Waals surface area contributed by atoms with E-state index >= 15 is 0 Å². The first kappa shape index (κ1) is 8.84. The second kappa shape index (κ2) is 9.23. The summed E-state index contributed by atoms with van der Waals surface area (Å²) < 4.78 is 0. The maximum atomic E-state index is 4.47. The van der Waals surface area contributed by atoms with Gasteiger partial charge in [-0.05, 0) is 7.05 Å². The standard InChI is InChI=1S/C2H4N.Y/c1-3-2;/h1H,2H3;/q-1;. The van der Waals surface area contributed by atoms with Crippen LogP contribution in [0.2, 0.25) is 0 Å². The summed E-state index contributed by atoms with van der Waals surface area (Å²) in [6, 6.07) is 0. The first-order valence-corrected chi connectivity index (χ1v) is 0.705. The molecule has 21 valence electrons. The third-order valence-corrected chi connectivity index (χ3v) is 0. The predicted molar refractivity (Wildman–Crippen MR) is 14.4 cm³/mol. The summed E-state index contributed by atoms with van der Waals surface area (Å²) in [5, 5.41) is 0. The van der Waals surface area contributed by atoms with E-state index in [1.165, 1.54) is 7.05 Å². The maximum Gasteiger partial charge on any atom is 0 e. The summed E-state index contributed by atoms with van der Waals surface area (Å²) in [5.41, 5.74) is 0. The molecule has 0 N–H and O–H groups in total. The minimum Gasteiger partial charge on any atom is -0.509 e. The third kappa shape index (κ3) is 14.6. The Balaban J connectivity index is 0. The summed E-state index contributed by atoms with van der Waals surface area (Å²) in [6.07, 6.45) is 0. The number of rotatable bonds is 0. The van der Waals surface area contributed by atoms with Crippen LogP contribution in [0.5, 0.6) is 0 Å². The van der Waals surface area contributed by atoms with Gasteiger partial charge < -0.3 is 11.7 Å². The van der Waals surface area contributed by atoms with Crippen molar-refractivity contribution in [2.24, 2.45) is 4.99 Å². The molecule has 0 bridgehead atoms. The molecule has 0 saturated heterocycles. The molecular formula is C2H4NY-. The Morgan fingerprint density at radius 3 is 1.75 bits per heavy atom. The molecule has 0 amide bonds. The predicted octanol–water partition coefficient (Wildman–Crippen LogP) is 0.191. The molecule has 0 spiro atoms. The SMILES string of the molecule is [CH-]=NC.[Y]. The smallest absolute Gasteiger partial charge is 0 e. The van der Waals surface area contributed by atoms with Crippen molar-refractivity contribution in [3.05, 3.63) is 0 Å². The Morgan fingerprint density at radius 1 is 1.75 bits per heavy atom. The second-order valence-electron chi connectivity index (χ2n) is 0.258. The van der Waals surface area contributed by atoms with Crippen LogP contribution in [-0.2, 0) is 32.7 Å². The molecule has 0 aliphatic carbocycles. The number of hydrogen-bond donors (Lipinski definition) is 0. The molecule has 0 heterocycles. The van der Waals surface area contributed by atoms with Gasteiger partial charge in [0, 0.05) is 32.7 Å². The summed E-state index contributed by atoms with van der Waals surface area (Å²) in [5.74, 6) is 0. The van der Waals surface area contributed by atoms with E-state index in [2.05, 4.69) is 11.7 Å². The topological polar surface area (TPSA) is 12.4 Å². The molecule has 4 heavy (non-hydrogen) atoms. The Kier molecular flexibility index (Phi) is 20.4. The molecule has 0 aromatic carbocycles. The average Bonchev–Trinajstić information content (AvgIpc) is 0.918. The quantitative estimate of drug-likeness (QED) is 0.328. The second-order valence-corrected chi connectivity index (χ2v) is 0.258. The summed E-state index contributed by atoms with van der Waals surface area (Å²) in [7, 11) is 1.53. The fourth-order valence-corrected chi connectivity index (χ4v) is 0. The molecule has 1 radical (unpaired) electrons. The Labute approximate surface area is 51.4 Å². The van der Waals surface area contributed by atoms with Crippen LogP contribution >= 0.6 is 0 Å². The molecule has 0 saturated carbocycles. The minimum absolute atomic E-state index is 0. The molecule has 1 nitrogen and oxygen atoms in total. The van der Waals surface area contributed by atoms with Gasteiger partial charge in [-0.1, -0.05) is 0 Å². The molecule has 0 aromatic rings. The molecule has 0 aliphatic heterocycles. The Hall–Kier alpha value is 0.774. The maximum absolute atomic E-state index is 4.47. The fraction of sp³-hybridized carbons (Fsp3) is 0.500. The van der Waals surface area contributed by atoms with Crippen LogP contribution in [0.15, 0.2) is 4.99 Å². The van der Waals surface area contributed by atoms with Crippen molar-refractivity contribution in [2.45, 2.75) is 0 Å². The van der Waals surface area contributed by atoms with Crippen LogP contribution in [0.3, 0.4) is 0 Å². The van der Waals surface area contributed by atoms with Crippen LogP contribution in [-0.4, -0.2) is 13.8 Å². The largest absolute Gasteiger partial charge is 0.509 e. The van der Waals surface area contributed by atoms with Crippen LogP contribution in [0, 0.1) is 0 Å². The van der Waals surface area contributed by atoms with E-state index in [-0.39, 0.29) is 32.7 Å². The van der Waals surface area contributed by atoms with Gasteiger partial charge in [0.15, 0.2) is 0 Å². The minimum atomic E-state index is 0. The van der Waals surface area contributed by atoms with Gasteiger partial charge in [-0.2, -0.15) is 0 Å². The Bertz CT molecular complexity index is 13.5. The van der Waals surface area contributed by atoms with Crippen molar-refractivity contribution < 1.29 is 32.7 Å². The van der Waals surface area contributed by atoms with Crippen molar-refractivity contribution in [1.82, 2.24) is 0 Å². The molecule has 2 heteroatoms. The van der Waals surface area contributed by atoms with Crippen LogP contribution < -0.4 is 0 Å². The normalized spacial score (nSPS) is 3.25. The fourth-order valence-electron chi connectivity index (χ4n) is 0. The third-order valence-electron chi connectivity index (χ3n) is 0. The van der Waals surface area contributed by atoms with E-state index in [1.54, 1.807) is 0 Å². The molecule has 0 unspecified atom stereocenters. The first-order valence-electron chi connectivity index (χ1n) is 0.705. The van der Waals surface area contributed by atoms with Crippen LogP contribution in [0.25, 0.3) is 0 Å². The van der Waals surface area contributed by atoms with Crippen LogP contribution in [0.1, 0.15) is 0 Å². The average molecular weight is 131 g/mol. The number of nitrogens with zero attached hydrogens (tertiary/aromatic N) is 1. The number of aliphatic imine (C=N–C) groups is 1. The number of hydrogen-bond acceptors (Lipinski definition) is 1. The van der Waals surface area contributed by atoms with Gasteiger partial charge in [0.05, 0.1) is 0 Å². The van der Waals surface area contributed by atoms with Gasteiger partial charge in [-0.15, -0.1) is 0 Å². The van der Waals surface area contributed by atoms with Crippen molar-refractivity contribution in [1.29, 1.82) is 0 Å². The van der Waals surface area contributed by atoms with Gasteiger partial charge in [0.1, 0.15) is 0 Å². The zero-order valence-corrected chi connectivity index (χ0v) is 5.44.